The maximum absolute atomic E-state index is 5.42. The SMILES string of the molecule is CCN(Cc1ccco1)c1cc(Br)nc(C(C)(C)C)n1. The molecule has 0 unspecified atom stereocenters. The molecular formula is C15H20BrN3O. The molecule has 0 aliphatic rings. The molecule has 0 bridgehead atoms. The Morgan fingerprint density at radius 1 is 1.30 bits per heavy atom. The molecule has 0 spiro atoms. The zero-order valence-electron chi connectivity index (χ0n) is 12.4. The van der Waals surface area contributed by atoms with Crippen molar-refractivity contribution >= 4 is 21.7 Å². The topological polar surface area (TPSA) is 42.2 Å². The molecule has 0 amide bonds. The van der Waals surface area contributed by atoms with E-state index < -0.39 is 0 Å². The number of aromatic nitrogens is 2. The average Bonchev–Trinajstić information content (AvgIpc) is 2.87. The van der Waals surface area contributed by atoms with E-state index in [1.165, 1.54) is 0 Å². The molecule has 0 atom stereocenters. The maximum atomic E-state index is 5.42. The van der Waals surface area contributed by atoms with Crippen molar-refractivity contribution in [3.63, 3.8) is 0 Å². The Labute approximate surface area is 128 Å². The van der Waals surface area contributed by atoms with Crippen molar-refractivity contribution in [2.75, 3.05) is 11.4 Å². The smallest absolute Gasteiger partial charge is 0.137 e. The molecule has 0 N–H and O–H groups in total. The van der Waals surface area contributed by atoms with E-state index in [0.717, 1.165) is 28.6 Å². The Balaban J connectivity index is 2.32. The molecule has 0 saturated heterocycles. The van der Waals surface area contributed by atoms with Crippen molar-refractivity contribution in [1.29, 1.82) is 0 Å². The molecule has 0 radical (unpaired) electrons. The second kappa shape index (κ2) is 5.95. The summed E-state index contributed by atoms with van der Waals surface area (Å²) in [4.78, 5) is 11.3. The zero-order valence-corrected chi connectivity index (χ0v) is 13.9. The van der Waals surface area contributed by atoms with Gasteiger partial charge >= 0.3 is 0 Å². The van der Waals surface area contributed by atoms with Crippen LogP contribution in [-0.2, 0) is 12.0 Å². The number of halogens is 1. The summed E-state index contributed by atoms with van der Waals surface area (Å²) in [6, 6.07) is 5.82. The van der Waals surface area contributed by atoms with Crippen molar-refractivity contribution in [2.45, 2.75) is 39.7 Å². The molecule has 2 aromatic heterocycles. The van der Waals surface area contributed by atoms with Gasteiger partial charge in [-0.1, -0.05) is 20.8 Å². The van der Waals surface area contributed by atoms with E-state index >= 15 is 0 Å². The molecule has 0 aliphatic heterocycles. The van der Waals surface area contributed by atoms with E-state index in [1.807, 2.05) is 18.2 Å². The quantitative estimate of drug-likeness (QED) is 0.785. The lowest BCUT2D eigenvalue weighted by atomic mass is 9.96. The summed E-state index contributed by atoms with van der Waals surface area (Å²) in [5.41, 5.74) is -0.0807. The summed E-state index contributed by atoms with van der Waals surface area (Å²) in [6.45, 7) is 10.0. The van der Waals surface area contributed by atoms with Gasteiger partial charge in [-0.15, -0.1) is 0 Å². The Kier molecular flexibility index (Phi) is 4.48. The molecule has 0 saturated carbocycles. The Hall–Kier alpha value is -1.36. The minimum absolute atomic E-state index is 0.0807. The van der Waals surface area contributed by atoms with E-state index in [9.17, 15) is 0 Å². The third-order valence-corrected chi connectivity index (χ3v) is 3.39. The molecule has 0 aromatic carbocycles. The van der Waals surface area contributed by atoms with Gasteiger partial charge in [0.1, 0.15) is 22.0 Å². The second-order valence-electron chi connectivity index (χ2n) is 5.72. The predicted octanol–water partition coefficient (Wildman–Crippen LogP) is 4.16. The van der Waals surface area contributed by atoms with Crippen molar-refractivity contribution in [3.05, 3.63) is 40.7 Å². The molecule has 0 fully saturated rings. The van der Waals surface area contributed by atoms with Gasteiger partial charge in [0.05, 0.1) is 12.8 Å². The van der Waals surface area contributed by atoms with Crippen LogP contribution in [0, 0.1) is 0 Å². The fourth-order valence-electron chi connectivity index (χ4n) is 1.85. The number of furan rings is 1. The summed E-state index contributed by atoms with van der Waals surface area (Å²) in [5, 5.41) is 0. The highest BCUT2D eigenvalue weighted by atomic mass is 79.9. The first-order valence-corrected chi connectivity index (χ1v) is 7.52. The molecule has 108 valence electrons. The fraction of sp³-hybridized carbons (Fsp3) is 0.467. The van der Waals surface area contributed by atoms with Crippen LogP contribution < -0.4 is 4.90 Å². The highest BCUT2D eigenvalue weighted by Gasteiger charge is 2.20. The molecular weight excluding hydrogens is 318 g/mol. The standard InChI is InChI=1S/C15H20BrN3O/c1-5-19(10-11-7-6-8-20-11)13-9-12(16)17-14(18-13)15(2,3)4/h6-9H,5,10H2,1-4H3. The van der Waals surface area contributed by atoms with Crippen LogP contribution in [0.1, 0.15) is 39.3 Å². The summed E-state index contributed by atoms with van der Waals surface area (Å²) in [7, 11) is 0. The zero-order chi connectivity index (χ0) is 14.8. The minimum Gasteiger partial charge on any atom is -0.467 e. The number of anilines is 1. The normalized spacial score (nSPS) is 11.7. The van der Waals surface area contributed by atoms with Gasteiger partial charge in [-0.3, -0.25) is 0 Å². The molecule has 20 heavy (non-hydrogen) atoms. The van der Waals surface area contributed by atoms with Crippen LogP contribution in [0.15, 0.2) is 33.5 Å². The molecule has 4 nitrogen and oxygen atoms in total. The first-order valence-electron chi connectivity index (χ1n) is 6.72. The number of hydrogen-bond acceptors (Lipinski definition) is 4. The number of rotatable bonds is 4. The minimum atomic E-state index is -0.0807. The van der Waals surface area contributed by atoms with Crippen LogP contribution in [0.3, 0.4) is 0 Å². The van der Waals surface area contributed by atoms with Crippen molar-refractivity contribution in [3.8, 4) is 0 Å². The Bertz CT molecular complexity index is 561. The first-order chi connectivity index (χ1) is 9.40. The molecule has 5 heteroatoms. The lowest BCUT2D eigenvalue weighted by Gasteiger charge is -2.24. The Morgan fingerprint density at radius 3 is 2.60 bits per heavy atom. The summed E-state index contributed by atoms with van der Waals surface area (Å²) in [6.07, 6.45) is 1.69. The van der Waals surface area contributed by atoms with E-state index in [2.05, 4.69) is 53.5 Å². The van der Waals surface area contributed by atoms with E-state index in [0.29, 0.717) is 6.54 Å². The van der Waals surface area contributed by atoms with Gasteiger partial charge in [-0.05, 0) is 35.0 Å². The monoisotopic (exact) mass is 337 g/mol. The van der Waals surface area contributed by atoms with Crippen LogP contribution in [0.4, 0.5) is 5.82 Å². The largest absolute Gasteiger partial charge is 0.467 e. The van der Waals surface area contributed by atoms with Crippen molar-refractivity contribution in [2.24, 2.45) is 0 Å². The van der Waals surface area contributed by atoms with E-state index in [4.69, 9.17) is 9.40 Å². The number of hydrogen-bond donors (Lipinski definition) is 0. The van der Waals surface area contributed by atoms with E-state index in [-0.39, 0.29) is 5.41 Å². The predicted molar refractivity (Wildman–Crippen MR) is 83.9 cm³/mol. The van der Waals surface area contributed by atoms with Crippen LogP contribution in [0.5, 0.6) is 0 Å². The van der Waals surface area contributed by atoms with Gasteiger partial charge in [0, 0.05) is 18.0 Å². The van der Waals surface area contributed by atoms with Crippen LogP contribution in [0.2, 0.25) is 0 Å². The van der Waals surface area contributed by atoms with Gasteiger partial charge in [0.2, 0.25) is 0 Å². The number of nitrogens with zero attached hydrogens (tertiary/aromatic N) is 3. The average molecular weight is 338 g/mol. The summed E-state index contributed by atoms with van der Waals surface area (Å²) in [5.74, 6) is 2.68. The Morgan fingerprint density at radius 2 is 2.05 bits per heavy atom. The van der Waals surface area contributed by atoms with Crippen molar-refractivity contribution < 1.29 is 4.42 Å². The highest BCUT2D eigenvalue weighted by molar-refractivity contribution is 9.10. The molecule has 2 aromatic rings. The lowest BCUT2D eigenvalue weighted by molar-refractivity contribution is 0.501. The van der Waals surface area contributed by atoms with E-state index in [1.54, 1.807) is 6.26 Å². The third-order valence-electron chi connectivity index (χ3n) is 2.98. The molecule has 2 heterocycles. The van der Waals surface area contributed by atoms with Gasteiger partial charge in [-0.25, -0.2) is 9.97 Å². The fourth-order valence-corrected chi connectivity index (χ4v) is 2.22. The summed E-state index contributed by atoms with van der Waals surface area (Å²) < 4.78 is 6.23. The van der Waals surface area contributed by atoms with Gasteiger partial charge in [-0.2, -0.15) is 0 Å². The molecule has 0 aliphatic carbocycles. The van der Waals surface area contributed by atoms with Gasteiger partial charge in [0.25, 0.3) is 0 Å². The van der Waals surface area contributed by atoms with Gasteiger partial charge < -0.3 is 9.32 Å². The summed E-state index contributed by atoms with van der Waals surface area (Å²) >= 11 is 3.48. The highest BCUT2D eigenvalue weighted by Crippen LogP contribution is 2.25. The van der Waals surface area contributed by atoms with Gasteiger partial charge in [0.15, 0.2) is 0 Å². The lowest BCUT2D eigenvalue weighted by Crippen LogP contribution is -2.25. The maximum Gasteiger partial charge on any atom is 0.137 e. The molecule has 2 rings (SSSR count). The van der Waals surface area contributed by atoms with Crippen LogP contribution >= 0.6 is 15.9 Å². The third kappa shape index (κ3) is 3.60. The first kappa shape index (κ1) is 15.0. The van der Waals surface area contributed by atoms with Crippen molar-refractivity contribution in [1.82, 2.24) is 9.97 Å². The van der Waals surface area contributed by atoms with Crippen LogP contribution in [0.25, 0.3) is 0 Å². The van der Waals surface area contributed by atoms with Crippen LogP contribution in [-0.4, -0.2) is 16.5 Å². The second-order valence-corrected chi connectivity index (χ2v) is 6.53.